The molecule has 0 radical (unpaired) electrons. The summed E-state index contributed by atoms with van der Waals surface area (Å²) in [4.78, 5) is -7.33. The quantitative estimate of drug-likeness (QED) is 0.422. The molecule has 0 spiro atoms. The van der Waals surface area contributed by atoms with Gasteiger partial charge in [-0.1, -0.05) is 12.1 Å². The van der Waals surface area contributed by atoms with Gasteiger partial charge < -0.3 is 5.73 Å². The van der Waals surface area contributed by atoms with Crippen molar-refractivity contribution in [3.63, 3.8) is 0 Å². The van der Waals surface area contributed by atoms with Crippen LogP contribution in [0.2, 0.25) is 0 Å². The summed E-state index contributed by atoms with van der Waals surface area (Å²) in [5.74, 6) is 0. The third-order valence-corrected chi connectivity index (χ3v) is 4.90. The topological polar surface area (TPSA) is 60.2 Å². The van der Waals surface area contributed by atoms with Crippen molar-refractivity contribution in [1.29, 1.82) is 0 Å². The van der Waals surface area contributed by atoms with Gasteiger partial charge in [-0.25, -0.2) is 12.8 Å². The Kier molecular flexibility index (Phi) is 4.93. The van der Waals surface area contributed by atoms with Gasteiger partial charge in [0.25, 0.3) is 9.84 Å². The van der Waals surface area contributed by atoms with Gasteiger partial charge in [-0.15, -0.1) is 0 Å². The molecule has 0 aliphatic rings. The number of hydrogen-bond acceptors (Lipinski definition) is 3. The smallest absolute Gasteiger partial charge is 0.397 e. The van der Waals surface area contributed by atoms with E-state index < -0.39 is 48.2 Å². The highest BCUT2D eigenvalue weighted by Crippen LogP contribution is 2.57. The summed E-state index contributed by atoms with van der Waals surface area (Å²) >= 11 is 1.17. The summed E-state index contributed by atoms with van der Waals surface area (Å²) in [6.45, 7) is 0. The van der Waals surface area contributed by atoms with Crippen LogP contribution in [0.4, 0.5) is 45.2 Å². The van der Waals surface area contributed by atoms with Crippen molar-refractivity contribution in [1.82, 2.24) is 0 Å². The van der Waals surface area contributed by atoms with Gasteiger partial charge in [-0.05, 0) is 22.0 Å². The zero-order valence-electron chi connectivity index (χ0n) is 10.8. The van der Waals surface area contributed by atoms with Crippen molar-refractivity contribution >= 4 is 31.5 Å². The number of sulfone groups is 1. The van der Waals surface area contributed by atoms with Crippen LogP contribution in [0.25, 0.3) is 0 Å². The molecule has 0 amide bonds. The van der Waals surface area contributed by atoms with E-state index in [9.17, 15) is 47.9 Å². The summed E-state index contributed by atoms with van der Waals surface area (Å²) in [6, 6.07) is 0.349. The van der Waals surface area contributed by atoms with E-state index in [-0.39, 0.29) is 18.2 Å². The number of rotatable bonds is 3. The molecule has 0 bridgehead atoms. The SMILES string of the molecule is Nc1c(C(F)(C(F)(F)F)C(F)(F)Br)cccc1S(=O)(=O)C(F)(F)F. The number of nitrogens with two attached hydrogens (primary N) is 1. The van der Waals surface area contributed by atoms with Gasteiger partial charge in [0.2, 0.25) is 0 Å². The van der Waals surface area contributed by atoms with Crippen LogP contribution in [-0.4, -0.2) is 24.9 Å². The zero-order chi connectivity index (χ0) is 19.4. The minimum atomic E-state index is -6.34. The molecule has 0 aliphatic carbocycles. The first-order valence-electron chi connectivity index (χ1n) is 5.41. The standard InChI is InChI=1S/C10H5BrF9NO2S/c11-8(13,14)7(12,9(15,16)17)4-2-1-3-5(6(4)21)24(22,23)10(18,19)20/h1-3H,21H2. The maximum absolute atomic E-state index is 14.2. The predicted molar refractivity (Wildman–Crippen MR) is 66.8 cm³/mol. The second-order valence-corrected chi connectivity index (χ2v) is 7.23. The Hall–Kier alpha value is -1.18. The molecule has 0 saturated carbocycles. The van der Waals surface area contributed by atoms with E-state index in [0.717, 1.165) is 0 Å². The van der Waals surface area contributed by atoms with Crippen molar-refractivity contribution in [2.45, 2.75) is 27.1 Å². The lowest BCUT2D eigenvalue weighted by Gasteiger charge is -2.33. The van der Waals surface area contributed by atoms with E-state index in [1.54, 1.807) is 0 Å². The molecule has 1 unspecified atom stereocenters. The average molecular weight is 454 g/mol. The highest BCUT2D eigenvalue weighted by molar-refractivity contribution is 9.10. The fourth-order valence-corrected chi connectivity index (χ4v) is 3.01. The van der Waals surface area contributed by atoms with Crippen LogP contribution in [0.15, 0.2) is 23.1 Å². The van der Waals surface area contributed by atoms with Crippen molar-refractivity contribution < 1.29 is 47.9 Å². The third-order valence-electron chi connectivity index (χ3n) is 2.81. The molecule has 24 heavy (non-hydrogen) atoms. The highest BCUT2D eigenvalue weighted by Gasteiger charge is 2.72. The number of para-hydroxylation sites is 1. The fraction of sp³-hybridized carbons (Fsp3) is 0.400. The molecule has 1 aromatic carbocycles. The first kappa shape index (κ1) is 20.9. The molecule has 2 N–H and O–H groups in total. The molecule has 1 atom stereocenters. The fourth-order valence-electron chi connectivity index (χ4n) is 1.67. The summed E-state index contributed by atoms with van der Waals surface area (Å²) in [7, 11) is -6.30. The zero-order valence-corrected chi connectivity index (χ0v) is 13.2. The van der Waals surface area contributed by atoms with Gasteiger partial charge in [-0.3, -0.25) is 0 Å². The van der Waals surface area contributed by atoms with E-state index >= 15 is 0 Å². The van der Waals surface area contributed by atoms with Gasteiger partial charge in [0.1, 0.15) is 0 Å². The van der Waals surface area contributed by atoms with Crippen LogP contribution < -0.4 is 5.73 Å². The van der Waals surface area contributed by atoms with E-state index in [2.05, 4.69) is 0 Å². The predicted octanol–water partition coefficient (Wildman–Crippen LogP) is 4.28. The third kappa shape index (κ3) is 3.05. The second-order valence-electron chi connectivity index (χ2n) is 4.32. The lowest BCUT2D eigenvalue weighted by molar-refractivity contribution is -0.281. The van der Waals surface area contributed by atoms with Crippen molar-refractivity contribution in [3.8, 4) is 0 Å². The van der Waals surface area contributed by atoms with Crippen molar-refractivity contribution in [3.05, 3.63) is 23.8 Å². The summed E-state index contributed by atoms with van der Waals surface area (Å²) in [6.07, 6.45) is -6.34. The maximum Gasteiger partial charge on any atom is 0.501 e. The molecule has 138 valence electrons. The summed E-state index contributed by atoms with van der Waals surface area (Å²) < 4.78 is 139. The molecular weight excluding hydrogens is 449 g/mol. The van der Waals surface area contributed by atoms with Crippen LogP contribution in [0, 0.1) is 0 Å². The van der Waals surface area contributed by atoms with Gasteiger partial charge in [-0.2, -0.15) is 35.1 Å². The van der Waals surface area contributed by atoms with Gasteiger partial charge in [0, 0.05) is 5.56 Å². The Balaban J connectivity index is 3.86. The van der Waals surface area contributed by atoms with Crippen LogP contribution in [0.3, 0.4) is 0 Å². The first-order valence-corrected chi connectivity index (χ1v) is 7.69. The molecule has 0 fully saturated rings. The molecule has 0 aromatic heterocycles. The second kappa shape index (κ2) is 5.68. The Bertz CT molecular complexity index is 722. The van der Waals surface area contributed by atoms with Gasteiger partial charge >= 0.3 is 22.2 Å². The number of hydrogen-bond donors (Lipinski definition) is 1. The number of benzene rings is 1. The highest BCUT2D eigenvalue weighted by atomic mass is 79.9. The first-order chi connectivity index (χ1) is 10.4. The Morgan fingerprint density at radius 2 is 1.38 bits per heavy atom. The molecule has 14 heteroatoms. The van der Waals surface area contributed by atoms with Gasteiger partial charge in [0.15, 0.2) is 0 Å². The maximum atomic E-state index is 14.2. The van der Waals surface area contributed by atoms with Crippen molar-refractivity contribution in [2.75, 3.05) is 5.73 Å². The Labute approximate surface area is 136 Å². The van der Waals surface area contributed by atoms with E-state index in [0.29, 0.717) is 0 Å². The lowest BCUT2D eigenvalue weighted by atomic mass is 9.93. The summed E-state index contributed by atoms with van der Waals surface area (Å²) in [5, 5.41) is 0. The molecule has 0 heterocycles. The average Bonchev–Trinajstić information content (AvgIpc) is 2.33. The van der Waals surface area contributed by atoms with Crippen LogP contribution in [0.1, 0.15) is 5.56 Å². The molecular formula is C10H5BrF9NO2S. The van der Waals surface area contributed by atoms with Gasteiger partial charge in [0.05, 0.1) is 10.6 Å². The minimum absolute atomic E-state index is 0.00733. The molecule has 0 saturated heterocycles. The normalized spacial score (nSPS) is 16.8. The number of nitrogen functional groups attached to an aromatic ring is 1. The van der Waals surface area contributed by atoms with Crippen LogP contribution in [-0.2, 0) is 15.5 Å². The minimum Gasteiger partial charge on any atom is -0.397 e. The molecule has 0 aliphatic heterocycles. The van der Waals surface area contributed by atoms with E-state index in [1.807, 2.05) is 0 Å². The van der Waals surface area contributed by atoms with E-state index in [1.165, 1.54) is 15.9 Å². The summed E-state index contributed by atoms with van der Waals surface area (Å²) in [5.41, 5.74) is -10.8. The molecule has 3 nitrogen and oxygen atoms in total. The largest absolute Gasteiger partial charge is 0.501 e. The van der Waals surface area contributed by atoms with E-state index in [4.69, 9.17) is 5.73 Å². The Morgan fingerprint density at radius 1 is 0.917 bits per heavy atom. The number of anilines is 1. The number of alkyl halides is 10. The number of halogens is 10. The Morgan fingerprint density at radius 3 is 1.71 bits per heavy atom. The lowest BCUT2D eigenvalue weighted by Crippen LogP contribution is -2.50. The van der Waals surface area contributed by atoms with Crippen LogP contribution in [0.5, 0.6) is 0 Å². The van der Waals surface area contributed by atoms with Crippen LogP contribution >= 0.6 is 15.9 Å². The molecule has 1 aromatic rings. The van der Waals surface area contributed by atoms with Crippen molar-refractivity contribution in [2.24, 2.45) is 0 Å². The monoisotopic (exact) mass is 453 g/mol. The molecule has 1 rings (SSSR count).